The third kappa shape index (κ3) is 4.18. The van der Waals surface area contributed by atoms with E-state index in [0.717, 1.165) is 44.1 Å². The second-order valence-electron chi connectivity index (χ2n) is 7.07. The molecule has 0 spiro atoms. The van der Waals surface area contributed by atoms with Gasteiger partial charge in [0.05, 0.1) is 18.3 Å². The molecule has 3 N–H and O–H groups in total. The first-order chi connectivity index (χ1) is 9.96. The van der Waals surface area contributed by atoms with E-state index in [1.54, 1.807) is 0 Å². The Hall–Kier alpha value is -0.640. The molecule has 0 aliphatic heterocycles. The van der Waals surface area contributed by atoms with Gasteiger partial charge in [0.15, 0.2) is 0 Å². The zero-order valence-electron chi connectivity index (χ0n) is 13.3. The van der Waals surface area contributed by atoms with Crippen LogP contribution in [0.25, 0.3) is 0 Å². The van der Waals surface area contributed by atoms with Gasteiger partial charge in [-0.2, -0.15) is 0 Å². The molecule has 0 heterocycles. The summed E-state index contributed by atoms with van der Waals surface area (Å²) in [5, 5.41) is 29.9. The summed E-state index contributed by atoms with van der Waals surface area (Å²) in [5.74, 6) is 0.889. The number of allylic oxidation sites excluding steroid dienone is 1. The van der Waals surface area contributed by atoms with Crippen molar-refractivity contribution in [3.05, 3.63) is 23.8 Å². The first-order valence-corrected chi connectivity index (χ1v) is 8.37. The van der Waals surface area contributed by atoms with Crippen molar-refractivity contribution in [3.8, 4) is 0 Å². The average Bonchev–Trinajstić information content (AvgIpc) is 2.93. The van der Waals surface area contributed by atoms with Crippen LogP contribution in [0.5, 0.6) is 0 Å². The van der Waals surface area contributed by atoms with Crippen molar-refractivity contribution >= 4 is 0 Å². The van der Waals surface area contributed by atoms with Crippen LogP contribution in [-0.4, -0.2) is 33.6 Å². The summed E-state index contributed by atoms with van der Waals surface area (Å²) in [5.41, 5.74) is 0.323. The molecular formula is C18H30O3. The molecule has 0 aromatic heterocycles. The quantitative estimate of drug-likeness (QED) is 0.500. The molecule has 1 fully saturated rings. The zero-order valence-corrected chi connectivity index (χ0v) is 13.3. The van der Waals surface area contributed by atoms with Gasteiger partial charge < -0.3 is 15.3 Å². The van der Waals surface area contributed by atoms with Gasteiger partial charge in [-0.25, -0.2) is 0 Å². The van der Waals surface area contributed by atoms with Gasteiger partial charge in [0.2, 0.25) is 0 Å². The second kappa shape index (κ2) is 7.08. The Balaban J connectivity index is 1.94. The zero-order chi connectivity index (χ0) is 15.5. The molecule has 0 saturated heterocycles. The predicted molar refractivity (Wildman–Crippen MR) is 84.8 cm³/mol. The molecule has 0 unspecified atom stereocenters. The Morgan fingerprint density at radius 2 is 2.14 bits per heavy atom. The lowest BCUT2D eigenvalue weighted by Gasteiger charge is -2.22. The van der Waals surface area contributed by atoms with Gasteiger partial charge in [0.1, 0.15) is 0 Å². The van der Waals surface area contributed by atoms with Crippen molar-refractivity contribution in [2.75, 3.05) is 6.61 Å². The number of hydrogen-bond acceptors (Lipinski definition) is 3. The van der Waals surface area contributed by atoms with Crippen molar-refractivity contribution in [2.24, 2.45) is 17.8 Å². The van der Waals surface area contributed by atoms with Gasteiger partial charge in [-0.3, -0.25) is 0 Å². The van der Waals surface area contributed by atoms with Crippen LogP contribution in [0.1, 0.15) is 52.4 Å². The number of fused-ring (bicyclic) bond motifs is 1. The fourth-order valence-electron chi connectivity index (χ4n) is 3.86. The maximum absolute atomic E-state index is 10.4. The summed E-state index contributed by atoms with van der Waals surface area (Å²) in [6, 6.07) is 0. The van der Waals surface area contributed by atoms with E-state index in [0.29, 0.717) is 11.8 Å². The highest BCUT2D eigenvalue weighted by molar-refractivity contribution is 5.21. The van der Waals surface area contributed by atoms with Crippen LogP contribution in [0, 0.1) is 17.8 Å². The van der Waals surface area contributed by atoms with Crippen LogP contribution < -0.4 is 0 Å². The van der Waals surface area contributed by atoms with Crippen molar-refractivity contribution in [3.63, 3.8) is 0 Å². The standard InChI is InChI=1S/C18H30O3/c1-3-4-5-7-18(2,21)8-6-15-16-10-13(12-19)9-14(16)11-17(15)20/h6,8-9,14-17,19-21H,3-5,7,10-12H2,1-2H3/b8-6+/t14-,15+,16-,17+,18-/m0/s1. The third-order valence-corrected chi connectivity index (χ3v) is 5.12. The lowest BCUT2D eigenvalue weighted by atomic mass is 9.87. The molecule has 2 aliphatic rings. The molecule has 0 amide bonds. The van der Waals surface area contributed by atoms with Gasteiger partial charge >= 0.3 is 0 Å². The van der Waals surface area contributed by atoms with E-state index < -0.39 is 5.60 Å². The highest BCUT2D eigenvalue weighted by Gasteiger charge is 2.43. The summed E-state index contributed by atoms with van der Waals surface area (Å²) in [7, 11) is 0. The van der Waals surface area contributed by atoms with E-state index in [4.69, 9.17) is 0 Å². The maximum atomic E-state index is 10.4. The predicted octanol–water partition coefficient (Wildman–Crippen LogP) is 2.81. The van der Waals surface area contributed by atoms with E-state index in [1.807, 2.05) is 19.1 Å². The maximum Gasteiger partial charge on any atom is 0.0799 e. The molecule has 3 nitrogen and oxygen atoms in total. The molecule has 3 heteroatoms. The molecule has 1 saturated carbocycles. The van der Waals surface area contributed by atoms with E-state index in [2.05, 4.69) is 13.0 Å². The van der Waals surface area contributed by atoms with Gasteiger partial charge in [-0.05, 0) is 43.6 Å². The summed E-state index contributed by atoms with van der Waals surface area (Å²) in [4.78, 5) is 0. The van der Waals surface area contributed by atoms with E-state index in [-0.39, 0.29) is 18.6 Å². The Labute approximate surface area is 128 Å². The molecule has 120 valence electrons. The Bertz CT molecular complexity index is 397. The highest BCUT2D eigenvalue weighted by atomic mass is 16.3. The third-order valence-electron chi connectivity index (χ3n) is 5.12. The smallest absolute Gasteiger partial charge is 0.0799 e. The largest absolute Gasteiger partial charge is 0.392 e. The molecule has 0 bridgehead atoms. The monoisotopic (exact) mass is 294 g/mol. The molecule has 2 aliphatic carbocycles. The number of rotatable bonds is 7. The van der Waals surface area contributed by atoms with Crippen molar-refractivity contribution in [2.45, 2.75) is 64.1 Å². The van der Waals surface area contributed by atoms with Gasteiger partial charge in [0, 0.05) is 5.92 Å². The minimum absolute atomic E-state index is 0.105. The number of hydrogen-bond donors (Lipinski definition) is 3. The summed E-state index contributed by atoms with van der Waals surface area (Å²) >= 11 is 0. The normalized spacial score (nSPS) is 35.0. The van der Waals surface area contributed by atoms with E-state index in [1.165, 1.54) is 0 Å². The molecule has 0 aromatic carbocycles. The van der Waals surface area contributed by atoms with Gasteiger partial charge in [0.25, 0.3) is 0 Å². The van der Waals surface area contributed by atoms with Crippen LogP contribution in [0.2, 0.25) is 0 Å². The van der Waals surface area contributed by atoms with Crippen LogP contribution in [0.4, 0.5) is 0 Å². The van der Waals surface area contributed by atoms with Crippen LogP contribution in [0.3, 0.4) is 0 Å². The van der Waals surface area contributed by atoms with Gasteiger partial charge in [-0.15, -0.1) is 0 Å². The van der Waals surface area contributed by atoms with Crippen LogP contribution >= 0.6 is 0 Å². The van der Waals surface area contributed by atoms with Crippen LogP contribution in [-0.2, 0) is 0 Å². The minimum atomic E-state index is -0.779. The average molecular weight is 294 g/mol. The molecule has 2 rings (SSSR count). The molecule has 0 aromatic rings. The summed E-state index contributed by atoms with van der Waals surface area (Å²) < 4.78 is 0. The first kappa shape index (κ1) is 16.7. The Kier molecular flexibility index (Phi) is 5.64. The number of aliphatic hydroxyl groups excluding tert-OH is 2. The fourth-order valence-corrected chi connectivity index (χ4v) is 3.86. The Morgan fingerprint density at radius 1 is 1.38 bits per heavy atom. The molecule has 5 atom stereocenters. The van der Waals surface area contributed by atoms with Crippen LogP contribution in [0.15, 0.2) is 23.8 Å². The topological polar surface area (TPSA) is 60.7 Å². The van der Waals surface area contributed by atoms with E-state index in [9.17, 15) is 15.3 Å². The second-order valence-corrected chi connectivity index (χ2v) is 7.07. The lowest BCUT2D eigenvalue weighted by molar-refractivity contribution is 0.0956. The highest BCUT2D eigenvalue weighted by Crippen LogP contribution is 2.47. The fraction of sp³-hybridized carbons (Fsp3) is 0.778. The minimum Gasteiger partial charge on any atom is -0.392 e. The van der Waals surface area contributed by atoms with Crippen molar-refractivity contribution in [1.82, 2.24) is 0 Å². The summed E-state index contributed by atoms with van der Waals surface area (Å²) in [6.07, 6.45) is 11.5. The Morgan fingerprint density at radius 3 is 2.81 bits per heavy atom. The SMILES string of the molecule is CCCCC[C@](C)(O)/C=C/[C@@H]1[C@H]2CC(CO)=C[C@H]2C[C@H]1O. The molecule has 0 radical (unpaired) electrons. The van der Waals surface area contributed by atoms with Crippen molar-refractivity contribution < 1.29 is 15.3 Å². The number of unbranched alkanes of at least 4 members (excludes halogenated alkanes) is 2. The summed E-state index contributed by atoms with van der Waals surface area (Å²) in [6.45, 7) is 4.14. The lowest BCUT2D eigenvalue weighted by Crippen LogP contribution is -2.23. The molecule has 21 heavy (non-hydrogen) atoms. The molecular weight excluding hydrogens is 264 g/mol. The van der Waals surface area contributed by atoms with Crippen molar-refractivity contribution in [1.29, 1.82) is 0 Å². The van der Waals surface area contributed by atoms with E-state index >= 15 is 0 Å². The first-order valence-electron chi connectivity index (χ1n) is 8.37. The van der Waals surface area contributed by atoms with Gasteiger partial charge in [-0.1, -0.05) is 44.4 Å². The number of aliphatic hydroxyl groups is 3.